The Morgan fingerprint density at radius 2 is 1.44 bits per heavy atom. The molecule has 0 aromatic heterocycles. The van der Waals surface area contributed by atoms with Crippen molar-refractivity contribution < 1.29 is 0 Å². The first-order valence-electron chi connectivity index (χ1n) is 7.32. The van der Waals surface area contributed by atoms with Gasteiger partial charge in [0.2, 0.25) is 0 Å². The third-order valence-corrected chi connectivity index (χ3v) is 3.13. The molecule has 0 radical (unpaired) electrons. The SMILES string of the molecule is CCCCCCCC(C)NC(C)CC(C)C. The molecule has 0 amide bonds. The third kappa shape index (κ3) is 10.5. The molecule has 1 nitrogen and oxygen atoms in total. The van der Waals surface area contributed by atoms with Gasteiger partial charge in [0, 0.05) is 12.1 Å². The number of hydrogen-bond acceptors (Lipinski definition) is 1. The van der Waals surface area contributed by atoms with Crippen LogP contribution >= 0.6 is 0 Å². The molecule has 2 atom stereocenters. The van der Waals surface area contributed by atoms with E-state index in [1.807, 2.05) is 0 Å². The molecular weight excluding hydrogens is 194 g/mol. The van der Waals surface area contributed by atoms with Crippen LogP contribution in [0.2, 0.25) is 0 Å². The van der Waals surface area contributed by atoms with Crippen molar-refractivity contribution in [2.45, 2.75) is 91.6 Å². The summed E-state index contributed by atoms with van der Waals surface area (Å²) in [7, 11) is 0. The summed E-state index contributed by atoms with van der Waals surface area (Å²) in [5, 5.41) is 3.70. The van der Waals surface area contributed by atoms with Gasteiger partial charge in [-0.2, -0.15) is 0 Å². The highest BCUT2D eigenvalue weighted by Crippen LogP contribution is 2.09. The normalized spacial score (nSPS) is 15.4. The zero-order chi connectivity index (χ0) is 12.4. The molecule has 1 heteroatoms. The van der Waals surface area contributed by atoms with Gasteiger partial charge in [0.25, 0.3) is 0 Å². The van der Waals surface area contributed by atoms with Gasteiger partial charge < -0.3 is 5.32 Å². The largest absolute Gasteiger partial charge is 0.312 e. The van der Waals surface area contributed by atoms with Crippen molar-refractivity contribution in [1.29, 1.82) is 0 Å². The lowest BCUT2D eigenvalue weighted by Gasteiger charge is -2.21. The maximum Gasteiger partial charge on any atom is 0.00436 e. The molecule has 16 heavy (non-hydrogen) atoms. The Morgan fingerprint density at radius 3 is 2.00 bits per heavy atom. The standard InChI is InChI=1S/C15H33N/c1-6-7-8-9-10-11-14(4)16-15(5)12-13(2)3/h13-16H,6-12H2,1-5H3. The Kier molecular flexibility index (Phi) is 10.1. The van der Waals surface area contributed by atoms with E-state index < -0.39 is 0 Å². The molecule has 0 aliphatic heterocycles. The van der Waals surface area contributed by atoms with Crippen LogP contribution in [0.5, 0.6) is 0 Å². The molecule has 0 aromatic carbocycles. The number of rotatable bonds is 10. The maximum absolute atomic E-state index is 3.70. The molecule has 0 bridgehead atoms. The van der Waals surface area contributed by atoms with Gasteiger partial charge in [0.15, 0.2) is 0 Å². The van der Waals surface area contributed by atoms with E-state index >= 15 is 0 Å². The molecule has 0 heterocycles. The first-order chi connectivity index (χ1) is 7.56. The Bertz CT molecular complexity index is 142. The van der Waals surface area contributed by atoms with E-state index in [0.29, 0.717) is 12.1 Å². The van der Waals surface area contributed by atoms with Gasteiger partial charge in [-0.15, -0.1) is 0 Å². The molecule has 1 N–H and O–H groups in total. The summed E-state index contributed by atoms with van der Waals surface area (Å²) >= 11 is 0. The average Bonchev–Trinajstić information content (AvgIpc) is 2.15. The molecular formula is C15H33N. The summed E-state index contributed by atoms with van der Waals surface area (Å²) in [6, 6.07) is 1.36. The number of unbranched alkanes of at least 4 members (excludes halogenated alkanes) is 4. The topological polar surface area (TPSA) is 12.0 Å². The van der Waals surface area contributed by atoms with Gasteiger partial charge in [0.05, 0.1) is 0 Å². The molecule has 0 fully saturated rings. The minimum atomic E-state index is 0.672. The van der Waals surface area contributed by atoms with Crippen LogP contribution in [0, 0.1) is 5.92 Å². The van der Waals surface area contributed by atoms with Crippen LogP contribution in [0.3, 0.4) is 0 Å². The molecule has 2 unspecified atom stereocenters. The van der Waals surface area contributed by atoms with Crippen LogP contribution in [0.4, 0.5) is 0 Å². The monoisotopic (exact) mass is 227 g/mol. The predicted molar refractivity (Wildman–Crippen MR) is 74.9 cm³/mol. The fourth-order valence-corrected chi connectivity index (χ4v) is 2.40. The minimum Gasteiger partial charge on any atom is -0.312 e. The second-order valence-electron chi connectivity index (χ2n) is 5.80. The van der Waals surface area contributed by atoms with Crippen LogP contribution in [0.15, 0.2) is 0 Å². The molecule has 0 spiro atoms. The second-order valence-corrected chi connectivity index (χ2v) is 5.80. The van der Waals surface area contributed by atoms with E-state index in [1.165, 1.54) is 44.9 Å². The highest BCUT2D eigenvalue weighted by Gasteiger charge is 2.08. The number of hydrogen-bond donors (Lipinski definition) is 1. The van der Waals surface area contributed by atoms with E-state index in [2.05, 4.69) is 39.9 Å². The lowest BCUT2D eigenvalue weighted by molar-refractivity contribution is 0.382. The summed E-state index contributed by atoms with van der Waals surface area (Å²) in [6.07, 6.45) is 9.61. The van der Waals surface area contributed by atoms with Crippen molar-refractivity contribution in [3.8, 4) is 0 Å². The van der Waals surface area contributed by atoms with Crippen molar-refractivity contribution in [1.82, 2.24) is 5.32 Å². The van der Waals surface area contributed by atoms with E-state index in [-0.39, 0.29) is 0 Å². The molecule has 0 rings (SSSR count). The zero-order valence-electron chi connectivity index (χ0n) is 12.2. The quantitative estimate of drug-likeness (QED) is 0.531. The molecule has 0 aliphatic carbocycles. The van der Waals surface area contributed by atoms with Crippen molar-refractivity contribution >= 4 is 0 Å². The molecule has 0 aromatic rings. The van der Waals surface area contributed by atoms with Gasteiger partial charge in [-0.3, -0.25) is 0 Å². The third-order valence-electron chi connectivity index (χ3n) is 3.13. The summed E-state index contributed by atoms with van der Waals surface area (Å²) in [4.78, 5) is 0. The number of nitrogens with one attached hydrogen (secondary N) is 1. The Morgan fingerprint density at radius 1 is 0.812 bits per heavy atom. The van der Waals surface area contributed by atoms with E-state index in [0.717, 1.165) is 5.92 Å². The average molecular weight is 227 g/mol. The lowest BCUT2D eigenvalue weighted by atomic mass is 10.0. The van der Waals surface area contributed by atoms with Gasteiger partial charge in [0.1, 0.15) is 0 Å². The highest BCUT2D eigenvalue weighted by atomic mass is 14.9. The summed E-state index contributed by atoms with van der Waals surface area (Å²) < 4.78 is 0. The van der Waals surface area contributed by atoms with Crippen LogP contribution in [-0.2, 0) is 0 Å². The van der Waals surface area contributed by atoms with E-state index in [4.69, 9.17) is 0 Å². The summed E-state index contributed by atoms with van der Waals surface area (Å²) in [5.74, 6) is 0.805. The first-order valence-corrected chi connectivity index (χ1v) is 7.32. The fraction of sp³-hybridized carbons (Fsp3) is 1.00. The van der Waals surface area contributed by atoms with E-state index in [1.54, 1.807) is 0 Å². The first kappa shape index (κ1) is 16.0. The van der Waals surface area contributed by atoms with Crippen molar-refractivity contribution in [2.24, 2.45) is 5.92 Å². The Balaban J connectivity index is 3.39. The highest BCUT2D eigenvalue weighted by molar-refractivity contribution is 4.68. The van der Waals surface area contributed by atoms with Crippen LogP contribution < -0.4 is 5.32 Å². The molecule has 0 saturated carbocycles. The van der Waals surface area contributed by atoms with Gasteiger partial charge >= 0.3 is 0 Å². The van der Waals surface area contributed by atoms with E-state index in [9.17, 15) is 0 Å². The smallest absolute Gasteiger partial charge is 0.00436 e. The molecule has 0 aliphatic rings. The van der Waals surface area contributed by atoms with Crippen LogP contribution in [-0.4, -0.2) is 12.1 Å². The fourth-order valence-electron chi connectivity index (χ4n) is 2.40. The molecule has 98 valence electrons. The van der Waals surface area contributed by atoms with Gasteiger partial charge in [-0.1, -0.05) is 52.9 Å². The Labute approximate surface area is 103 Å². The minimum absolute atomic E-state index is 0.672. The van der Waals surface area contributed by atoms with Crippen molar-refractivity contribution in [3.05, 3.63) is 0 Å². The van der Waals surface area contributed by atoms with Crippen molar-refractivity contribution in [2.75, 3.05) is 0 Å². The van der Waals surface area contributed by atoms with Gasteiger partial charge in [-0.25, -0.2) is 0 Å². The zero-order valence-corrected chi connectivity index (χ0v) is 12.2. The second kappa shape index (κ2) is 10.1. The van der Waals surface area contributed by atoms with Crippen LogP contribution in [0.1, 0.15) is 79.6 Å². The summed E-state index contributed by atoms with van der Waals surface area (Å²) in [5.41, 5.74) is 0. The van der Waals surface area contributed by atoms with Gasteiger partial charge in [-0.05, 0) is 32.6 Å². The van der Waals surface area contributed by atoms with Crippen LogP contribution in [0.25, 0.3) is 0 Å². The maximum atomic E-state index is 3.70. The van der Waals surface area contributed by atoms with Crippen molar-refractivity contribution in [3.63, 3.8) is 0 Å². The Hall–Kier alpha value is -0.0400. The lowest BCUT2D eigenvalue weighted by Crippen LogP contribution is -2.35. The summed E-state index contributed by atoms with van der Waals surface area (Å²) in [6.45, 7) is 11.5. The molecule has 0 saturated heterocycles. The predicted octanol–water partition coefficient (Wildman–Crippen LogP) is 4.76.